The molecule has 0 saturated carbocycles. The Labute approximate surface area is 89.4 Å². The second-order valence-electron chi connectivity index (χ2n) is 2.89. The van der Waals surface area contributed by atoms with Gasteiger partial charge in [0.1, 0.15) is 5.03 Å². The molecular formula is C8H8N4O2S. The molecule has 0 aromatic carbocycles. The zero-order valence-electron chi connectivity index (χ0n) is 8.13. The van der Waals surface area contributed by atoms with Crippen molar-refractivity contribution in [1.29, 1.82) is 0 Å². The van der Waals surface area contributed by atoms with Crippen molar-refractivity contribution in [2.75, 3.05) is 6.26 Å². The van der Waals surface area contributed by atoms with Crippen LogP contribution in [0.2, 0.25) is 0 Å². The van der Waals surface area contributed by atoms with Crippen molar-refractivity contribution in [3.05, 3.63) is 17.6 Å². The van der Waals surface area contributed by atoms with E-state index in [2.05, 4.69) is 15.1 Å². The Morgan fingerprint density at radius 3 is 2.87 bits per heavy atom. The first-order valence-electron chi connectivity index (χ1n) is 4.13. The van der Waals surface area contributed by atoms with Crippen molar-refractivity contribution in [3.63, 3.8) is 0 Å². The smallest absolute Gasteiger partial charge is 0.375 e. The monoisotopic (exact) mass is 224 g/mol. The van der Waals surface area contributed by atoms with E-state index in [9.17, 15) is 4.79 Å². The van der Waals surface area contributed by atoms with Crippen LogP contribution in [0.5, 0.6) is 0 Å². The van der Waals surface area contributed by atoms with E-state index in [0.29, 0.717) is 5.78 Å². The highest BCUT2D eigenvalue weighted by Crippen LogP contribution is 2.15. The number of thioether (sulfide) groups is 1. The molecule has 15 heavy (non-hydrogen) atoms. The fraction of sp³-hybridized carbons (Fsp3) is 0.250. The fourth-order valence-electron chi connectivity index (χ4n) is 1.19. The van der Waals surface area contributed by atoms with E-state index in [1.54, 1.807) is 0 Å². The highest BCUT2D eigenvalue weighted by Gasteiger charge is 2.13. The molecule has 0 spiro atoms. The van der Waals surface area contributed by atoms with Crippen LogP contribution in [0.3, 0.4) is 0 Å². The Morgan fingerprint density at radius 2 is 2.27 bits per heavy atom. The van der Waals surface area contributed by atoms with Crippen LogP contribution in [-0.4, -0.2) is 36.9 Å². The number of aryl methyl sites for hydroxylation is 1. The first kappa shape index (κ1) is 9.91. The number of rotatable bonds is 2. The van der Waals surface area contributed by atoms with E-state index in [4.69, 9.17) is 5.11 Å². The van der Waals surface area contributed by atoms with Crippen molar-refractivity contribution >= 4 is 23.5 Å². The van der Waals surface area contributed by atoms with Gasteiger partial charge in [0.05, 0.1) is 0 Å². The van der Waals surface area contributed by atoms with Crippen molar-refractivity contribution in [1.82, 2.24) is 19.6 Å². The second kappa shape index (κ2) is 3.50. The topological polar surface area (TPSA) is 80.4 Å². The SMILES string of the molecule is CSc1cc(C)nc2nc(C(=O)O)nn12. The maximum atomic E-state index is 10.7. The van der Waals surface area contributed by atoms with Crippen LogP contribution >= 0.6 is 11.8 Å². The fourth-order valence-corrected chi connectivity index (χ4v) is 1.77. The molecule has 0 aliphatic rings. The number of hydrogen-bond acceptors (Lipinski definition) is 5. The Morgan fingerprint density at radius 1 is 1.53 bits per heavy atom. The van der Waals surface area contributed by atoms with Gasteiger partial charge >= 0.3 is 5.97 Å². The van der Waals surface area contributed by atoms with Gasteiger partial charge in [0.2, 0.25) is 0 Å². The molecule has 0 amide bonds. The average Bonchev–Trinajstić information content (AvgIpc) is 2.59. The first-order chi connectivity index (χ1) is 7.11. The molecule has 2 heterocycles. The molecule has 2 rings (SSSR count). The minimum atomic E-state index is -1.15. The average molecular weight is 224 g/mol. The molecule has 0 bridgehead atoms. The van der Waals surface area contributed by atoms with Gasteiger partial charge in [-0.25, -0.2) is 9.78 Å². The molecular weight excluding hydrogens is 216 g/mol. The number of carboxylic acids is 1. The third kappa shape index (κ3) is 1.65. The minimum Gasteiger partial charge on any atom is -0.475 e. The van der Waals surface area contributed by atoms with Crippen LogP contribution in [0.25, 0.3) is 5.78 Å². The van der Waals surface area contributed by atoms with Gasteiger partial charge in [-0.1, -0.05) is 0 Å². The molecule has 7 heteroatoms. The van der Waals surface area contributed by atoms with E-state index < -0.39 is 5.97 Å². The van der Waals surface area contributed by atoms with Crippen LogP contribution in [-0.2, 0) is 0 Å². The number of carbonyl (C=O) groups is 1. The van der Waals surface area contributed by atoms with E-state index in [-0.39, 0.29) is 5.82 Å². The van der Waals surface area contributed by atoms with Crippen molar-refractivity contribution < 1.29 is 9.90 Å². The van der Waals surface area contributed by atoms with Gasteiger partial charge in [-0.05, 0) is 19.2 Å². The van der Waals surface area contributed by atoms with Gasteiger partial charge in [-0.3, -0.25) is 0 Å². The Balaban J connectivity index is 2.74. The minimum absolute atomic E-state index is 0.233. The maximum absolute atomic E-state index is 10.7. The van der Waals surface area contributed by atoms with Gasteiger partial charge in [0.25, 0.3) is 11.6 Å². The van der Waals surface area contributed by atoms with E-state index >= 15 is 0 Å². The Bertz CT molecular complexity index is 537. The third-order valence-corrected chi connectivity index (χ3v) is 2.52. The molecule has 2 aromatic rings. The number of aromatic nitrogens is 4. The van der Waals surface area contributed by atoms with E-state index in [0.717, 1.165) is 10.7 Å². The molecule has 0 saturated heterocycles. The molecule has 0 aliphatic heterocycles. The summed E-state index contributed by atoms with van der Waals surface area (Å²) in [4.78, 5) is 18.6. The normalized spacial score (nSPS) is 10.8. The maximum Gasteiger partial charge on any atom is 0.375 e. The third-order valence-electron chi connectivity index (χ3n) is 1.81. The van der Waals surface area contributed by atoms with Gasteiger partial charge in [-0.15, -0.1) is 16.9 Å². The van der Waals surface area contributed by atoms with E-state index in [1.807, 2.05) is 19.2 Å². The van der Waals surface area contributed by atoms with Crippen LogP contribution in [0.4, 0.5) is 0 Å². The highest BCUT2D eigenvalue weighted by molar-refractivity contribution is 7.98. The molecule has 0 fully saturated rings. The molecule has 0 radical (unpaired) electrons. The summed E-state index contributed by atoms with van der Waals surface area (Å²) in [7, 11) is 0. The number of carboxylic acid groups (broad SMARTS) is 1. The summed E-state index contributed by atoms with van der Waals surface area (Å²) in [5, 5.41) is 13.4. The number of nitrogens with zero attached hydrogens (tertiary/aromatic N) is 4. The predicted molar refractivity (Wildman–Crippen MR) is 54.3 cm³/mol. The van der Waals surface area contributed by atoms with Crippen LogP contribution in [0, 0.1) is 6.92 Å². The summed E-state index contributed by atoms with van der Waals surface area (Å²) < 4.78 is 1.43. The van der Waals surface area contributed by atoms with Crippen LogP contribution < -0.4 is 0 Å². The van der Waals surface area contributed by atoms with E-state index in [1.165, 1.54) is 16.3 Å². The Hall–Kier alpha value is -1.63. The molecule has 0 unspecified atom stereocenters. The lowest BCUT2D eigenvalue weighted by atomic mass is 10.5. The molecule has 0 aliphatic carbocycles. The summed E-state index contributed by atoms with van der Waals surface area (Å²) in [5.74, 6) is -1.06. The van der Waals surface area contributed by atoms with Crippen molar-refractivity contribution in [2.24, 2.45) is 0 Å². The number of fused-ring (bicyclic) bond motifs is 1. The van der Waals surface area contributed by atoms with Gasteiger partial charge < -0.3 is 5.11 Å². The largest absolute Gasteiger partial charge is 0.475 e. The summed E-state index contributed by atoms with van der Waals surface area (Å²) >= 11 is 1.47. The Kier molecular flexibility index (Phi) is 2.31. The quantitative estimate of drug-likeness (QED) is 0.601. The second-order valence-corrected chi connectivity index (χ2v) is 3.72. The predicted octanol–water partition coefficient (Wildman–Crippen LogP) is 0.853. The zero-order valence-corrected chi connectivity index (χ0v) is 8.95. The van der Waals surface area contributed by atoms with Crippen molar-refractivity contribution in [3.8, 4) is 0 Å². The summed E-state index contributed by atoms with van der Waals surface area (Å²) in [6, 6.07) is 1.83. The molecule has 6 nitrogen and oxygen atoms in total. The summed E-state index contributed by atoms with van der Waals surface area (Å²) in [6.45, 7) is 1.83. The van der Waals surface area contributed by atoms with Gasteiger partial charge in [0.15, 0.2) is 0 Å². The number of aromatic carboxylic acids is 1. The summed E-state index contributed by atoms with van der Waals surface area (Å²) in [5.41, 5.74) is 0.788. The molecule has 78 valence electrons. The molecule has 2 aromatic heterocycles. The molecule has 1 N–H and O–H groups in total. The first-order valence-corrected chi connectivity index (χ1v) is 5.36. The highest BCUT2D eigenvalue weighted by atomic mass is 32.2. The molecule has 0 atom stereocenters. The van der Waals surface area contributed by atoms with Crippen LogP contribution in [0.1, 0.15) is 16.3 Å². The van der Waals surface area contributed by atoms with Crippen molar-refractivity contribution in [2.45, 2.75) is 11.9 Å². The lowest BCUT2D eigenvalue weighted by Gasteiger charge is -1.99. The standard InChI is InChI=1S/C8H8N4O2S/c1-4-3-5(15-2)12-8(9-4)10-6(11-12)7(13)14/h3H,1-2H3,(H,13,14). The lowest BCUT2D eigenvalue weighted by molar-refractivity contribution is 0.0683. The van der Waals surface area contributed by atoms with Gasteiger partial charge in [-0.2, -0.15) is 9.50 Å². The zero-order chi connectivity index (χ0) is 11.0. The van der Waals surface area contributed by atoms with Crippen LogP contribution in [0.15, 0.2) is 11.1 Å². The number of hydrogen-bond donors (Lipinski definition) is 1. The van der Waals surface area contributed by atoms with Gasteiger partial charge in [0, 0.05) is 5.69 Å². The lowest BCUT2D eigenvalue weighted by Crippen LogP contribution is -2.00. The summed E-state index contributed by atoms with van der Waals surface area (Å²) in [6.07, 6.45) is 1.89.